The summed E-state index contributed by atoms with van der Waals surface area (Å²) in [5, 5.41) is 15.9. The second kappa shape index (κ2) is 17.2. The Morgan fingerprint density at radius 2 is 1.40 bits per heavy atom. The average Bonchev–Trinajstić information content (AvgIpc) is 3.72. The molecule has 4 heterocycles. The van der Waals surface area contributed by atoms with Crippen LogP contribution < -0.4 is 9.64 Å². The van der Waals surface area contributed by atoms with Crippen LogP contribution in [-0.2, 0) is 30.7 Å². The van der Waals surface area contributed by atoms with Gasteiger partial charge in [0, 0.05) is 62.1 Å². The third kappa shape index (κ3) is 8.02. The lowest BCUT2D eigenvalue weighted by Gasteiger charge is -2.41. The van der Waals surface area contributed by atoms with Gasteiger partial charge in [-0.15, -0.1) is 0 Å². The molecule has 12 nitrogen and oxygen atoms in total. The van der Waals surface area contributed by atoms with Crippen LogP contribution in [0.1, 0.15) is 43.1 Å². The maximum Gasteiger partial charge on any atom is 0.415 e. The number of phenolic OH excluding ortho intramolecular Hbond substituents is 1. The number of aromatic nitrogens is 2. The van der Waals surface area contributed by atoms with Crippen molar-refractivity contribution in [3.8, 4) is 17.2 Å². The topological polar surface area (TPSA) is 121 Å². The highest BCUT2D eigenvalue weighted by Crippen LogP contribution is 2.35. The first kappa shape index (κ1) is 39.8. The summed E-state index contributed by atoms with van der Waals surface area (Å²) in [6, 6.07) is 44.5. The third-order valence-electron chi connectivity index (χ3n) is 12.3. The average molecular weight is 839 g/mol. The van der Waals surface area contributed by atoms with Crippen LogP contribution in [-0.4, -0.2) is 92.9 Å². The molecule has 0 spiro atoms. The van der Waals surface area contributed by atoms with Crippen molar-refractivity contribution < 1.29 is 29.0 Å². The summed E-state index contributed by atoms with van der Waals surface area (Å²) in [6.45, 7) is 4.67. The Morgan fingerprint density at radius 1 is 0.714 bits per heavy atom. The number of carbonyl (C=O) groups is 3. The molecule has 0 unspecified atom stereocenters. The standard InChI is InChI=1S/C51H46N6O6/c58-42-21-19-40(20-22-42)56(39-13-3-1-4-14-39)50(60)48-44-17-9-10-18-46(44)57(52-48)47-31-36-23-24-54(51(61)63-43-15-5-2-6-16-43)32-38(36)30-45(47)49(59)55-33-37-12-8-7-11-35(37)29-41(55)34-53-25-27-62-28-26-53/h1-22,30-31,41,58H,23-29,32-34H2/t41-/m0/s1. The number of benzene rings is 6. The zero-order valence-corrected chi connectivity index (χ0v) is 34.7. The van der Waals surface area contributed by atoms with E-state index in [9.17, 15) is 9.90 Å². The van der Waals surface area contributed by atoms with Crippen molar-refractivity contribution in [2.24, 2.45) is 0 Å². The van der Waals surface area contributed by atoms with Crippen molar-refractivity contribution in [2.45, 2.75) is 32.0 Å². The van der Waals surface area contributed by atoms with Gasteiger partial charge in [-0.05, 0) is 102 Å². The van der Waals surface area contributed by atoms with Gasteiger partial charge in [-0.25, -0.2) is 9.48 Å². The van der Waals surface area contributed by atoms with E-state index in [4.69, 9.17) is 14.6 Å². The molecule has 3 aliphatic rings. The zero-order valence-electron chi connectivity index (χ0n) is 34.7. The van der Waals surface area contributed by atoms with Crippen molar-refractivity contribution in [1.29, 1.82) is 0 Å². The first-order valence-corrected chi connectivity index (χ1v) is 21.4. The fourth-order valence-electron chi connectivity index (χ4n) is 9.05. The van der Waals surface area contributed by atoms with Gasteiger partial charge < -0.3 is 24.4 Å². The van der Waals surface area contributed by atoms with Crippen LogP contribution in [0.4, 0.5) is 16.2 Å². The van der Waals surface area contributed by atoms with Crippen LogP contribution in [0, 0.1) is 0 Å². The van der Waals surface area contributed by atoms with E-state index >= 15 is 9.59 Å². The molecule has 0 aliphatic carbocycles. The van der Waals surface area contributed by atoms with E-state index in [1.54, 1.807) is 50.9 Å². The van der Waals surface area contributed by atoms with Crippen molar-refractivity contribution in [3.05, 3.63) is 179 Å². The molecule has 1 atom stereocenters. The molecule has 0 saturated carbocycles. The van der Waals surface area contributed by atoms with Crippen LogP contribution >= 0.6 is 0 Å². The Labute approximate surface area is 365 Å². The molecule has 1 N–H and O–H groups in total. The summed E-state index contributed by atoms with van der Waals surface area (Å²) in [5.41, 5.74) is 7.16. The van der Waals surface area contributed by atoms with E-state index in [1.807, 2.05) is 95.9 Å². The highest BCUT2D eigenvalue weighted by atomic mass is 16.6. The lowest BCUT2D eigenvalue weighted by Crippen LogP contribution is -2.52. The maximum atomic E-state index is 15.6. The second-order valence-corrected chi connectivity index (χ2v) is 16.2. The smallest absolute Gasteiger partial charge is 0.415 e. The molecule has 6 aromatic carbocycles. The number of hydrogen-bond donors (Lipinski definition) is 1. The Balaban J connectivity index is 1.09. The number of hydrogen-bond acceptors (Lipinski definition) is 8. The van der Waals surface area contributed by atoms with Crippen LogP contribution in [0.5, 0.6) is 11.5 Å². The van der Waals surface area contributed by atoms with E-state index in [1.165, 1.54) is 5.56 Å². The third-order valence-corrected chi connectivity index (χ3v) is 12.3. The number of rotatable bonds is 8. The number of ether oxygens (including phenoxy) is 2. The highest BCUT2D eigenvalue weighted by Gasteiger charge is 2.36. The van der Waals surface area contributed by atoms with Crippen molar-refractivity contribution in [1.82, 2.24) is 24.5 Å². The summed E-state index contributed by atoms with van der Waals surface area (Å²) in [6.07, 6.45) is 0.763. The number of aromatic hydroxyl groups is 1. The van der Waals surface area contributed by atoms with Crippen LogP contribution in [0.3, 0.4) is 0 Å². The SMILES string of the molecule is O=C(Oc1ccccc1)N1CCc2cc(-n3nc(C(=O)N(c4ccccc4)c4ccc(O)cc4)c4ccccc43)c(C(=O)N3Cc4ccccc4C[C@H]3CN3CCOCC3)cc2C1. The number of morpholine rings is 1. The van der Waals surface area contributed by atoms with Crippen LogP contribution in [0.25, 0.3) is 16.6 Å². The van der Waals surface area contributed by atoms with E-state index in [2.05, 4.69) is 23.1 Å². The van der Waals surface area contributed by atoms with Crippen LogP contribution in [0.15, 0.2) is 146 Å². The van der Waals surface area contributed by atoms with E-state index in [0.29, 0.717) is 85.0 Å². The summed E-state index contributed by atoms with van der Waals surface area (Å²) < 4.78 is 13.2. The summed E-state index contributed by atoms with van der Waals surface area (Å²) in [7, 11) is 0. The van der Waals surface area contributed by atoms with Gasteiger partial charge in [0.15, 0.2) is 5.69 Å². The number of carbonyl (C=O) groups excluding carboxylic acids is 3. The Hall–Kier alpha value is -7.28. The maximum absolute atomic E-state index is 15.6. The molecular formula is C51H46N6O6. The van der Waals surface area contributed by atoms with Crippen molar-refractivity contribution in [3.63, 3.8) is 0 Å². The summed E-state index contributed by atoms with van der Waals surface area (Å²) in [4.78, 5) is 51.8. The first-order chi connectivity index (χ1) is 30.9. The van der Waals surface area contributed by atoms with Crippen molar-refractivity contribution in [2.75, 3.05) is 44.3 Å². The lowest BCUT2D eigenvalue weighted by atomic mass is 9.91. The summed E-state index contributed by atoms with van der Waals surface area (Å²) in [5.74, 6) is 0.00736. The molecule has 0 radical (unpaired) electrons. The molecule has 3 aliphatic heterocycles. The fourth-order valence-corrected chi connectivity index (χ4v) is 9.05. The minimum atomic E-state index is -0.458. The monoisotopic (exact) mass is 838 g/mol. The highest BCUT2D eigenvalue weighted by molar-refractivity contribution is 6.16. The summed E-state index contributed by atoms with van der Waals surface area (Å²) >= 11 is 0. The largest absolute Gasteiger partial charge is 0.508 e. The molecule has 1 aromatic heterocycles. The van der Waals surface area contributed by atoms with Gasteiger partial charge in [0.25, 0.3) is 11.8 Å². The Bertz CT molecular complexity index is 2810. The molecule has 0 bridgehead atoms. The van der Waals surface area contributed by atoms with Gasteiger partial charge in [0.2, 0.25) is 0 Å². The number of anilines is 2. The number of fused-ring (bicyclic) bond motifs is 3. The van der Waals surface area contributed by atoms with Gasteiger partial charge in [-0.1, -0.05) is 78.9 Å². The Morgan fingerprint density at radius 3 is 2.17 bits per heavy atom. The Kier molecular flexibility index (Phi) is 10.9. The molecule has 7 aromatic rings. The van der Waals surface area contributed by atoms with Crippen molar-refractivity contribution >= 4 is 40.2 Å². The fraction of sp³-hybridized carbons (Fsp3) is 0.216. The second-order valence-electron chi connectivity index (χ2n) is 16.2. The number of phenols is 1. The van der Waals surface area contributed by atoms with E-state index < -0.39 is 6.09 Å². The predicted molar refractivity (Wildman–Crippen MR) is 240 cm³/mol. The lowest BCUT2D eigenvalue weighted by molar-refractivity contribution is 0.0192. The first-order valence-electron chi connectivity index (χ1n) is 21.4. The molecular weight excluding hydrogens is 793 g/mol. The van der Waals surface area contributed by atoms with E-state index in [0.717, 1.165) is 29.8 Å². The predicted octanol–water partition coefficient (Wildman–Crippen LogP) is 8.17. The van der Waals surface area contributed by atoms with Crippen LogP contribution in [0.2, 0.25) is 0 Å². The van der Waals surface area contributed by atoms with Gasteiger partial charge in [0.1, 0.15) is 11.5 Å². The molecule has 12 heteroatoms. The quantitative estimate of drug-likeness (QED) is 0.163. The van der Waals surface area contributed by atoms with Gasteiger partial charge in [0.05, 0.1) is 30.0 Å². The molecule has 316 valence electrons. The zero-order chi connectivity index (χ0) is 42.9. The van der Waals surface area contributed by atoms with Gasteiger partial charge in [-0.2, -0.15) is 5.10 Å². The number of nitrogens with zero attached hydrogens (tertiary/aromatic N) is 6. The van der Waals surface area contributed by atoms with Gasteiger partial charge >= 0.3 is 6.09 Å². The minimum absolute atomic E-state index is 0.0825. The molecule has 1 saturated heterocycles. The van der Waals surface area contributed by atoms with E-state index in [-0.39, 0.29) is 35.8 Å². The van der Waals surface area contributed by atoms with Gasteiger partial charge in [-0.3, -0.25) is 19.4 Å². The number of para-hydroxylation sites is 3. The number of amides is 3. The molecule has 1 fully saturated rings. The molecule has 10 rings (SSSR count). The normalized spacial score (nSPS) is 16.3. The molecule has 3 amide bonds. The minimum Gasteiger partial charge on any atom is -0.508 e. The molecule has 63 heavy (non-hydrogen) atoms.